The minimum atomic E-state index is -4.29. The van der Waals surface area contributed by atoms with Gasteiger partial charge in [-0.2, -0.15) is 13.2 Å². The van der Waals surface area contributed by atoms with Crippen molar-refractivity contribution in [3.8, 4) is 0 Å². The van der Waals surface area contributed by atoms with Crippen LogP contribution >= 0.6 is 11.8 Å². The highest BCUT2D eigenvalue weighted by molar-refractivity contribution is 8.00. The summed E-state index contributed by atoms with van der Waals surface area (Å²) in [6, 6.07) is -0.521. The van der Waals surface area contributed by atoms with E-state index in [0.29, 0.717) is 19.4 Å². The lowest BCUT2D eigenvalue weighted by molar-refractivity contribution is -0.137. The maximum Gasteiger partial charge on any atom is 0.441 e. The van der Waals surface area contributed by atoms with Gasteiger partial charge >= 0.3 is 17.5 Å². The van der Waals surface area contributed by atoms with E-state index in [1.54, 1.807) is 0 Å². The number of amides is 2. The number of carboxylic acids is 1. The van der Waals surface area contributed by atoms with Gasteiger partial charge < -0.3 is 15.7 Å². The van der Waals surface area contributed by atoms with Crippen LogP contribution in [0.5, 0.6) is 0 Å². The molecule has 0 unspecified atom stereocenters. The third-order valence-electron chi connectivity index (χ3n) is 2.76. The smallest absolute Gasteiger partial charge is 0.441 e. The van der Waals surface area contributed by atoms with Gasteiger partial charge in [0.15, 0.2) is 0 Å². The second-order valence-corrected chi connectivity index (χ2v) is 6.44. The largest absolute Gasteiger partial charge is 0.481 e. The number of nitrogens with one attached hydrogen (secondary N) is 2. The van der Waals surface area contributed by atoms with E-state index in [-0.39, 0.29) is 35.9 Å². The molecule has 0 fully saturated rings. The van der Waals surface area contributed by atoms with Crippen LogP contribution in [0.15, 0.2) is 0 Å². The highest BCUT2D eigenvalue weighted by atomic mass is 32.2. The van der Waals surface area contributed by atoms with Gasteiger partial charge in [-0.15, -0.1) is 0 Å². The van der Waals surface area contributed by atoms with E-state index < -0.39 is 17.5 Å². The van der Waals surface area contributed by atoms with Crippen molar-refractivity contribution in [3.63, 3.8) is 0 Å². The quantitative estimate of drug-likeness (QED) is 0.568. The molecule has 0 radical (unpaired) electrons. The molecule has 0 atom stereocenters. The summed E-state index contributed by atoms with van der Waals surface area (Å²) in [6.45, 7) is 4.06. The highest BCUT2D eigenvalue weighted by Gasteiger charge is 2.27. The minimum Gasteiger partial charge on any atom is -0.481 e. The average Bonchev–Trinajstić information content (AvgIpc) is 2.31. The van der Waals surface area contributed by atoms with Gasteiger partial charge in [-0.25, -0.2) is 4.79 Å². The fourth-order valence-corrected chi connectivity index (χ4v) is 1.91. The van der Waals surface area contributed by atoms with Gasteiger partial charge in [0, 0.05) is 25.3 Å². The molecule has 0 saturated carbocycles. The van der Waals surface area contributed by atoms with Crippen molar-refractivity contribution in [1.82, 2.24) is 10.6 Å². The number of carbonyl (C=O) groups excluding carboxylic acids is 1. The number of halogens is 3. The van der Waals surface area contributed by atoms with Crippen molar-refractivity contribution in [2.75, 3.05) is 18.8 Å². The van der Waals surface area contributed by atoms with Crippen molar-refractivity contribution in [1.29, 1.82) is 0 Å². The number of carboxylic acid groups (broad SMARTS) is 1. The lowest BCUT2D eigenvalue weighted by atomic mass is 9.84. The molecule has 0 aromatic carbocycles. The third-order valence-corrected chi connectivity index (χ3v) is 3.49. The molecular formula is C12H21F3N2O3S. The van der Waals surface area contributed by atoms with Crippen molar-refractivity contribution in [2.24, 2.45) is 5.41 Å². The van der Waals surface area contributed by atoms with Gasteiger partial charge in [0.25, 0.3) is 0 Å². The lowest BCUT2D eigenvalue weighted by Crippen LogP contribution is -2.38. The third kappa shape index (κ3) is 13.6. The van der Waals surface area contributed by atoms with E-state index in [1.165, 1.54) is 0 Å². The number of carbonyl (C=O) groups is 2. The summed E-state index contributed by atoms with van der Waals surface area (Å²) in [7, 11) is 0. The molecule has 0 spiro atoms. The number of rotatable bonds is 9. The van der Waals surface area contributed by atoms with Crippen LogP contribution in [0.1, 0.15) is 33.1 Å². The first-order chi connectivity index (χ1) is 9.52. The number of aliphatic carboxylic acids is 1. The molecular weight excluding hydrogens is 309 g/mol. The van der Waals surface area contributed by atoms with E-state index >= 15 is 0 Å². The zero-order valence-corrected chi connectivity index (χ0v) is 12.9. The Morgan fingerprint density at radius 1 is 1.10 bits per heavy atom. The van der Waals surface area contributed by atoms with Crippen molar-refractivity contribution in [3.05, 3.63) is 0 Å². The summed E-state index contributed by atoms with van der Waals surface area (Å²) in [4.78, 5) is 21.8. The van der Waals surface area contributed by atoms with Gasteiger partial charge in [0.1, 0.15) is 0 Å². The molecule has 0 rings (SSSR count). The Balaban J connectivity index is 3.71. The number of hydrogen-bond acceptors (Lipinski definition) is 3. The number of alkyl halides is 3. The van der Waals surface area contributed by atoms with E-state index in [4.69, 9.17) is 5.11 Å². The molecule has 0 heterocycles. The molecule has 3 N–H and O–H groups in total. The van der Waals surface area contributed by atoms with E-state index in [0.717, 1.165) is 0 Å². The van der Waals surface area contributed by atoms with Crippen LogP contribution in [0, 0.1) is 5.41 Å². The summed E-state index contributed by atoms with van der Waals surface area (Å²) in [5, 5.41) is 13.5. The van der Waals surface area contributed by atoms with Gasteiger partial charge in [0.2, 0.25) is 0 Å². The molecule has 0 aliphatic carbocycles. The molecule has 0 saturated heterocycles. The molecule has 0 aromatic heterocycles. The molecule has 5 nitrogen and oxygen atoms in total. The SMILES string of the molecule is CC(C)(CCNC(=O)NCCSC(F)(F)F)CCC(=O)O. The zero-order chi connectivity index (χ0) is 16.5. The second-order valence-electron chi connectivity index (χ2n) is 5.28. The van der Waals surface area contributed by atoms with Crippen molar-refractivity contribution >= 4 is 23.8 Å². The van der Waals surface area contributed by atoms with Crippen LogP contribution in [-0.2, 0) is 4.79 Å². The number of hydrogen-bond donors (Lipinski definition) is 3. The van der Waals surface area contributed by atoms with E-state index in [1.807, 2.05) is 13.8 Å². The Hall–Kier alpha value is -1.12. The Morgan fingerprint density at radius 2 is 1.67 bits per heavy atom. The van der Waals surface area contributed by atoms with Gasteiger partial charge in [0.05, 0.1) is 0 Å². The van der Waals surface area contributed by atoms with Gasteiger partial charge in [-0.3, -0.25) is 4.79 Å². The molecule has 0 bridgehead atoms. The Kier molecular flexibility index (Phi) is 8.53. The fraction of sp³-hybridized carbons (Fsp3) is 0.833. The lowest BCUT2D eigenvalue weighted by Gasteiger charge is -2.23. The summed E-state index contributed by atoms with van der Waals surface area (Å²) in [5.74, 6) is -1.10. The molecule has 2 amide bonds. The average molecular weight is 330 g/mol. The minimum absolute atomic E-state index is 0.0634. The predicted molar refractivity (Wildman–Crippen MR) is 75.2 cm³/mol. The normalized spacial score (nSPS) is 12.0. The molecule has 0 aliphatic heterocycles. The van der Waals surface area contributed by atoms with Crippen molar-refractivity contribution in [2.45, 2.75) is 38.6 Å². The first-order valence-electron chi connectivity index (χ1n) is 6.46. The van der Waals surface area contributed by atoms with Crippen molar-refractivity contribution < 1.29 is 27.9 Å². The van der Waals surface area contributed by atoms with Crippen LogP contribution in [0.2, 0.25) is 0 Å². The highest BCUT2D eigenvalue weighted by Crippen LogP contribution is 2.29. The van der Waals surface area contributed by atoms with Crippen LogP contribution in [0.3, 0.4) is 0 Å². The molecule has 9 heteroatoms. The van der Waals surface area contributed by atoms with Gasteiger partial charge in [-0.1, -0.05) is 13.8 Å². The molecule has 0 aromatic rings. The summed E-state index contributed by atoms with van der Waals surface area (Å²) >= 11 is -0.185. The first-order valence-corrected chi connectivity index (χ1v) is 7.44. The Morgan fingerprint density at radius 3 is 2.19 bits per heavy atom. The molecule has 21 heavy (non-hydrogen) atoms. The van der Waals surface area contributed by atoms with Gasteiger partial charge in [-0.05, 0) is 30.0 Å². The molecule has 124 valence electrons. The summed E-state index contributed by atoms with van der Waals surface area (Å²) in [5.41, 5.74) is -4.51. The predicted octanol–water partition coefficient (Wildman–Crippen LogP) is 2.82. The fourth-order valence-electron chi connectivity index (χ4n) is 1.48. The second kappa shape index (κ2) is 9.01. The van der Waals surface area contributed by atoms with Crippen LogP contribution in [0.25, 0.3) is 0 Å². The van der Waals surface area contributed by atoms with Crippen LogP contribution < -0.4 is 10.6 Å². The van der Waals surface area contributed by atoms with E-state index in [2.05, 4.69) is 10.6 Å². The maximum atomic E-state index is 11.8. The molecule has 0 aliphatic rings. The summed E-state index contributed by atoms with van der Waals surface area (Å²) in [6.07, 6.45) is 1.15. The van der Waals surface area contributed by atoms with E-state index in [9.17, 15) is 22.8 Å². The Bertz CT molecular complexity index is 349. The van der Waals surface area contributed by atoms with Crippen LogP contribution in [-0.4, -0.2) is 41.5 Å². The number of urea groups is 1. The zero-order valence-electron chi connectivity index (χ0n) is 12.0. The summed E-state index contributed by atoms with van der Waals surface area (Å²) < 4.78 is 35.5. The van der Waals surface area contributed by atoms with Crippen LogP contribution in [0.4, 0.5) is 18.0 Å². The maximum absolute atomic E-state index is 11.8. The monoisotopic (exact) mass is 330 g/mol. The number of thioether (sulfide) groups is 1. The standard InChI is InChI=1S/C12H21F3N2O3S/c1-11(2,4-3-9(18)19)5-6-16-10(20)17-7-8-21-12(13,14)15/h3-8H2,1-2H3,(H,18,19)(H2,16,17,20). The first kappa shape index (κ1) is 19.9. The topological polar surface area (TPSA) is 78.4 Å². The Labute approximate surface area is 126 Å².